The van der Waals surface area contributed by atoms with E-state index < -0.39 is 11.7 Å². The Labute approximate surface area is 214 Å². The fourth-order valence-electron chi connectivity index (χ4n) is 5.05. The summed E-state index contributed by atoms with van der Waals surface area (Å²) in [6.45, 7) is 4.60. The fraction of sp³-hybridized carbons (Fsp3) is 0.375. The zero-order valence-corrected chi connectivity index (χ0v) is 20.3. The number of aryl methyl sites for hydroxylation is 1. The van der Waals surface area contributed by atoms with Crippen molar-refractivity contribution >= 4 is 17.4 Å². The van der Waals surface area contributed by atoms with E-state index in [9.17, 15) is 18.0 Å². The molecule has 6 rings (SSSR count). The van der Waals surface area contributed by atoms with Gasteiger partial charge in [-0.25, -0.2) is 15.0 Å². The van der Waals surface area contributed by atoms with Crippen molar-refractivity contribution in [3.8, 4) is 11.5 Å². The number of carbonyl (C=O) groups excluding carboxylic acids is 1. The van der Waals surface area contributed by atoms with Crippen LogP contribution in [0.5, 0.6) is 0 Å². The highest BCUT2D eigenvalue weighted by Gasteiger charge is 2.39. The molecule has 2 N–H and O–H groups in total. The van der Waals surface area contributed by atoms with Crippen molar-refractivity contribution in [1.29, 1.82) is 0 Å². The van der Waals surface area contributed by atoms with Crippen molar-refractivity contribution in [2.45, 2.75) is 19.1 Å². The van der Waals surface area contributed by atoms with E-state index >= 15 is 0 Å². The highest BCUT2D eigenvalue weighted by atomic mass is 19.4. The van der Waals surface area contributed by atoms with Crippen molar-refractivity contribution in [3.63, 3.8) is 0 Å². The Morgan fingerprint density at radius 1 is 1.11 bits per heavy atom. The number of fused-ring (bicyclic) bond motifs is 1. The Morgan fingerprint density at radius 3 is 2.66 bits per heavy atom. The van der Waals surface area contributed by atoms with Crippen molar-refractivity contribution < 1.29 is 22.5 Å². The quantitative estimate of drug-likeness (QED) is 0.412. The molecule has 2 saturated heterocycles. The lowest BCUT2D eigenvalue weighted by Crippen LogP contribution is -2.59. The molecule has 0 saturated carbocycles. The van der Waals surface area contributed by atoms with Crippen LogP contribution in [0.25, 0.3) is 17.2 Å². The summed E-state index contributed by atoms with van der Waals surface area (Å²) in [5.74, 6) is 1.38. The summed E-state index contributed by atoms with van der Waals surface area (Å²) in [6.07, 6.45) is 1.01. The monoisotopic (exact) mass is 527 g/mol. The second kappa shape index (κ2) is 9.36. The molecule has 11 nitrogen and oxygen atoms in total. The van der Waals surface area contributed by atoms with E-state index in [1.54, 1.807) is 19.2 Å². The number of aromatic nitrogens is 5. The van der Waals surface area contributed by atoms with Gasteiger partial charge in [0.1, 0.15) is 28.5 Å². The number of alkyl halides is 3. The second-order valence-corrected chi connectivity index (χ2v) is 9.36. The minimum absolute atomic E-state index is 0.128. The van der Waals surface area contributed by atoms with Gasteiger partial charge in [0.25, 0.3) is 5.91 Å². The lowest BCUT2D eigenvalue weighted by atomic mass is 9.95. The van der Waals surface area contributed by atoms with Crippen LogP contribution in [0.4, 0.5) is 19.0 Å². The first-order chi connectivity index (χ1) is 18.3. The SMILES string of the molecule is Cc1oncc1C(=O)N1CCN(c2ccnc(-c3cnc4ccc(C(F)(F)F)cn34)n2)CC1C1CNNC1. The van der Waals surface area contributed by atoms with Crippen molar-refractivity contribution in [3.05, 3.63) is 59.9 Å². The molecular weight excluding hydrogens is 503 g/mol. The predicted molar refractivity (Wildman–Crippen MR) is 129 cm³/mol. The molecule has 6 heterocycles. The van der Waals surface area contributed by atoms with Crippen LogP contribution < -0.4 is 15.8 Å². The van der Waals surface area contributed by atoms with Gasteiger partial charge in [-0.15, -0.1) is 0 Å². The number of carbonyl (C=O) groups is 1. The molecular formula is C24H24F3N9O2. The van der Waals surface area contributed by atoms with E-state index in [4.69, 9.17) is 4.52 Å². The molecule has 198 valence electrons. The van der Waals surface area contributed by atoms with Crippen LogP contribution in [-0.4, -0.2) is 74.1 Å². The topological polar surface area (TPSA) is 117 Å². The normalized spacial score (nSPS) is 19.0. The summed E-state index contributed by atoms with van der Waals surface area (Å²) in [5.41, 5.74) is 6.64. The number of hydrogen-bond donors (Lipinski definition) is 2. The third-order valence-electron chi connectivity index (χ3n) is 7.09. The van der Waals surface area contributed by atoms with E-state index in [0.29, 0.717) is 61.2 Å². The molecule has 2 aliphatic heterocycles. The maximum atomic E-state index is 13.4. The number of imidazole rings is 1. The summed E-state index contributed by atoms with van der Waals surface area (Å²) >= 11 is 0. The molecule has 1 amide bonds. The van der Waals surface area contributed by atoms with Crippen LogP contribution in [0.1, 0.15) is 21.7 Å². The average molecular weight is 528 g/mol. The average Bonchev–Trinajstić information content (AvgIpc) is 3.68. The Bertz CT molecular complexity index is 1480. The van der Waals surface area contributed by atoms with Gasteiger partial charge in [-0.2, -0.15) is 13.2 Å². The lowest BCUT2D eigenvalue weighted by molar-refractivity contribution is -0.137. The fourth-order valence-corrected chi connectivity index (χ4v) is 5.05. The maximum Gasteiger partial charge on any atom is 0.417 e. The van der Waals surface area contributed by atoms with Crippen molar-refractivity contribution in [2.24, 2.45) is 5.92 Å². The summed E-state index contributed by atoms with van der Waals surface area (Å²) < 4.78 is 46.4. The highest BCUT2D eigenvalue weighted by Crippen LogP contribution is 2.31. The van der Waals surface area contributed by atoms with Gasteiger partial charge in [-0.05, 0) is 25.1 Å². The number of piperazine rings is 1. The summed E-state index contributed by atoms with van der Waals surface area (Å²) in [4.78, 5) is 30.5. The van der Waals surface area contributed by atoms with E-state index in [1.807, 2.05) is 4.90 Å². The zero-order valence-electron chi connectivity index (χ0n) is 20.3. The number of rotatable bonds is 4. The molecule has 2 aliphatic rings. The predicted octanol–water partition coefficient (Wildman–Crippen LogP) is 2.16. The first-order valence-electron chi connectivity index (χ1n) is 12.1. The van der Waals surface area contributed by atoms with Crippen LogP contribution >= 0.6 is 0 Å². The Balaban J connectivity index is 1.30. The van der Waals surface area contributed by atoms with Crippen molar-refractivity contribution in [2.75, 3.05) is 37.6 Å². The third-order valence-corrected chi connectivity index (χ3v) is 7.09. The van der Waals surface area contributed by atoms with E-state index in [2.05, 4.69) is 35.9 Å². The minimum Gasteiger partial charge on any atom is -0.361 e. The molecule has 0 bridgehead atoms. The van der Waals surface area contributed by atoms with E-state index in [1.165, 1.54) is 22.9 Å². The molecule has 14 heteroatoms. The van der Waals surface area contributed by atoms with Gasteiger partial charge in [-0.3, -0.25) is 20.0 Å². The molecule has 4 aromatic rings. The third kappa shape index (κ3) is 4.35. The minimum atomic E-state index is -4.49. The highest BCUT2D eigenvalue weighted by molar-refractivity contribution is 5.95. The smallest absolute Gasteiger partial charge is 0.361 e. The Kier molecular flexibility index (Phi) is 5.99. The second-order valence-electron chi connectivity index (χ2n) is 9.36. The molecule has 38 heavy (non-hydrogen) atoms. The van der Waals surface area contributed by atoms with Gasteiger partial charge < -0.3 is 14.3 Å². The van der Waals surface area contributed by atoms with E-state index in [-0.39, 0.29) is 23.7 Å². The largest absolute Gasteiger partial charge is 0.417 e. The molecule has 0 spiro atoms. The molecule has 0 radical (unpaired) electrons. The standard InChI is InChI=1S/C24H24F3N9O2/c1-14-17(10-32-38-14)23(37)35-7-6-34(13-19(35)15-8-30-31-9-15)21-4-5-28-22(33-21)18-11-29-20-3-2-16(12-36(18)20)24(25,26)27/h2-5,10-12,15,19,30-31H,6-9,13H2,1H3. The number of hydrogen-bond acceptors (Lipinski definition) is 9. The molecule has 1 unspecified atom stereocenters. The van der Waals surface area contributed by atoms with Crippen LogP contribution in [0.3, 0.4) is 0 Å². The molecule has 0 aromatic carbocycles. The van der Waals surface area contributed by atoms with Crippen molar-refractivity contribution in [1.82, 2.24) is 40.3 Å². The van der Waals surface area contributed by atoms with E-state index in [0.717, 1.165) is 12.3 Å². The number of nitrogens with zero attached hydrogens (tertiary/aromatic N) is 7. The summed E-state index contributed by atoms with van der Waals surface area (Å²) in [6, 6.07) is 3.95. The summed E-state index contributed by atoms with van der Waals surface area (Å²) in [7, 11) is 0. The van der Waals surface area contributed by atoms with Gasteiger partial charge in [-0.1, -0.05) is 5.16 Å². The lowest BCUT2D eigenvalue weighted by Gasteiger charge is -2.44. The first kappa shape index (κ1) is 24.3. The number of nitrogens with one attached hydrogen (secondary N) is 2. The van der Waals surface area contributed by atoms with Gasteiger partial charge >= 0.3 is 6.18 Å². The zero-order chi connectivity index (χ0) is 26.4. The van der Waals surface area contributed by atoms with Crippen LogP contribution in [0.2, 0.25) is 0 Å². The van der Waals surface area contributed by atoms with Crippen LogP contribution in [-0.2, 0) is 6.18 Å². The first-order valence-corrected chi connectivity index (χ1v) is 12.1. The number of amides is 1. The van der Waals surface area contributed by atoms with Crippen LogP contribution in [0, 0.1) is 12.8 Å². The van der Waals surface area contributed by atoms with Gasteiger partial charge in [0, 0.05) is 51.0 Å². The molecule has 0 aliphatic carbocycles. The number of hydrazine groups is 1. The Morgan fingerprint density at radius 2 is 1.92 bits per heavy atom. The number of pyridine rings is 1. The van der Waals surface area contributed by atoms with Gasteiger partial charge in [0.15, 0.2) is 5.82 Å². The number of halogens is 3. The maximum absolute atomic E-state index is 13.4. The van der Waals surface area contributed by atoms with Crippen LogP contribution in [0.15, 0.2) is 47.5 Å². The number of anilines is 1. The molecule has 4 aromatic heterocycles. The van der Waals surface area contributed by atoms with Gasteiger partial charge in [0.05, 0.1) is 24.0 Å². The Hall–Kier alpha value is -4.04. The molecule has 1 atom stereocenters. The van der Waals surface area contributed by atoms with Gasteiger partial charge in [0.2, 0.25) is 0 Å². The molecule has 2 fully saturated rings. The summed E-state index contributed by atoms with van der Waals surface area (Å²) in [5, 5.41) is 3.75.